The number of fused-ring (bicyclic) bond motifs is 2. The van der Waals surface area contributed by atoms with Crippen LogP contribution in [0.4, 0.5) is 0 Å². The van der Waals surface area contributed by atoms with Gasteiger partial charge in [0.2, 0.25) is 0 Å². The van der Waals surface area contributed by atoms with Gasteiger partial charge in [0.05, 0.1) is 26.7 Å². The van der Waals surface area contributed by atoms with E-state index in [-0.39, 0.29) is 48.3 Å². The van der Waals surface area contributed by atoms with E-state index >= 15 is 0 Å². The molecule has 2 aliphatic rings. The van der Waals surface area contributed by atoms with E-state index in [4.69, 9.17) is 9.47 Å². The summed E-state index contributed by atoms with van der Waals surface area (Å²) in [7, 11) is 2.87. The number of piperidine rings is 1. The number of carbonyl (C=O) groups is 2. The highest BCUT2D eigenvalue weighted by Crippen LogP contribution is 2.48. The summed E-state index contributed by atoms with van der Waals surface area (Å²) in [5.41, 5.74) is 0. The first-order valence-corrected chi connectivity index (χ1v) is 8.47. The molecule has 0 spiro atoms. The second kappa shape index (κ2) is 7.64. The highest BCUT2D eigenvalue weighted by molar-refractivity contribution is 7.10. The maximum Gasteiger partial charge on any atom is 0.319 e. The number of ether oxygens (including phenoxy) is 2. The van der Waals surface area contributed by atoms with Crippen LogP contribution in [-0.4, -0.2) is 49.7 Å². The van der Waals surface area contributed by atoms with Crippen molar-refractivity contribution in [2.75, 3.05) is 20.8 Å². The van der Waals surface area contributed by atoms with Crippen molar-refractivity contribution in [1.29, 1.82) is 0 Å². The fourth-order valence-corrected chi connectivity index (χ4v) is 4.99. The van der Waals surface area contributed by atoms with E-state index in [0.717, 1.165) is 19.3 Å². The van der Waals surface area contributed by atoms with Crippen molar-refractivity contribution in [2.24, 2.45) is 5.92 Å². The number of methoxy groups -OCH3 is 2. The molecule has 0 unspecified atom stereocenters. The first-order chi connectivity index (χ1) is 10.7. The lowest BCUT2D eigenvalue weighted by molar-refractivity contribution is -0.150. The molecule has 0 saturated carbocycles. The molecular formula is C16H22ClNO4S. The van der Waals surface area contributed by atoms with Crippen molar-refractivity contribution >= 4 is 35.7 Å². The fourth-order valence-electron chi connectivity index (χ4n) is 4.04. The molecule has 0 aromatic carbocycles. The summed E-state index contributed by atoms with van der Waals surface area (Å²) in [5, 5.41) is 2.04. The number of esters is 2. The first-order valence-electron chi connectivity index (χ1n) is 7.59. The molecule has 5 nitrogen and oxygen atoms in total. The maximum absolute atomic E-state index is 12.2. The van der Waals surface area contributed by atoms with Gasteiger partial charge in [0.25, 0.3) is 0 Å². The monoisotopic (exact) mass is 359 g/mol. The minimum atomic E-state index is -0.210. The second-order valence-corrected chi connectivity index (χ2v) is 6.93. The Morgan fingerprint density at radius 2 is 2.09 bits per heavy atom. The number of halogens is 1. The molecule has 3 rings (SSSR count). The van der Waals surface area contributed by atoms with Crippen LogP contribution in [0.5, 0.6) is 0 Å². The Morgan fingerprint density at radius 1 is 1.30 bits per heavy atom. The topological polar surface area (TPSA) is 55.8 Å². The third-order valence-corrected chi connectivity index (χ3v) is 5.95. The quantitative estimate of drug-likeness (QED) is 0.773. The average molecular weight is 360 g/mol. The highest BCUT2D eigenvalue weighted by Gasteiger charge is 2.51. The van der Waals surface area contributed by atoms with Gasteiger partial charge in [-0.25, -0.2) is 0 Å². The van der Waals surface area contributed by atoms with Crippen LogP contribution in [0.3, 0.4) is 0 Å². The van der Waals surface area contributed by atoms with Crippen molar-refractivity contribution in [3.8, 4) is 0 Å². The van der Waals surface area contributed by atoms with Gasteiger partial charge in [-0.1, -0.05) is 6.07 Å². The number of hydrogen-bond acceptors (Lipinski definition) is 6. The lowest BCUT2D eigenvalue weighted by Crippen LogP contribution is -2.51. The molecule has 7 heteroatoms. The Hall–Kier alpha value is -1.11. The van der Waals surface area contributed by atoms with E-state index in [0.29, 0.717) is 6.54 Å². The molecule has 2 bridgehead atoms. The highest BCUT2D eigenvalue weighted by atomic mass is 35.5. The van der Waals surface area contributed by atoms with Gasteiger partial charge in [0.15, 0.2) is 0 Å². The summed E-state index contributed by atoms with van der Waals surface area (Å²) in [5.74, 6) is -0.350. The normalized spacial score (nSPS) is 29.7. The standard InChI is InChI=1S/C16H21NO4S.ClH/c1-20-14(18)9-17-10-5-6-12(17)15(13-4-3-7-22-13)11(8-10)16(19)21-2;/h3-4,7,10-12,15H,5-6,8-9H2,1-2H3;1H/t10-,11+,12-,15+;/m1./s1. The smallest absolute Gasteiger partial charge is 0.319 e. The SMILES string of the molecule is COC(=O)CN1[C@@H]2CC[C@@H]1[C@@H](c1cccs1)[C@@H](C(=O)OC)C2.Cl. The summed E-state index contributed by atoms with van der Waals surface area (Å²) >= 11 is 1.67. The molecule has 2 fully saturated rings. The Balaban J connectivity index is 0.00000192. The summed E-state index contributed by atoms with van der Waals surface area (Å²) < 4.78 is 9.86. The number of rotatable bonds is 4. The van der Waals surface area contributed by atoms with E-state index in [9.17, 15) is 9.59 Å². The molecule has 2 saturated heterocycles. The third-order valence-electron chi connectivity index (χ3n) is 4.98. The number of hydrogen-bond donors (Lipinski definition) is 0. The van der Waals surface area contributed by atoms with Gasteiger partial charge in [0.1, 0.15) is 0 Å². The lowest BCUT2D eigenvalue weighted by atomic mass is 9.79. The van der Waals surface area contributed by atoms with Crippen LogP contribution < -0.4 is 0 Å². The van der Waals surface area contributed by atoms with Crippen molar-refractivity contribution in [1.82, 2.24) is 4.90 Å². The molecule has 0 amide bonds. The van der Waals surface area contributed by atoms with E-state index in [2.05, 4.69) is 11.0 Å². The van der Waals surface area contributed by atoms with Gasteiger partial charge in [-0.2, -0.15) is 0 Å². The molecular weight excluding hydrogens is 338 g/mol. The van der Waals surface area contributed by atoms with E-state index in [1.54, 1.807) is 11.3 Å². The summed E-state index contributed by atoms with van der Waals surface area (Å²) in [4.78, 5) is 27.4. The summed E-state index contributed by atoms with van der Waals surface area (Å²) in [6, 6.07) is 4.57. The van der Waals surface area contributed by atoms with E-state index in [1.165, 1.54) is 19.1 Å². The molecule has 3 heterocycles. The number of nitrogens with zero attached hydrogens (tertiary/aromatic N) is 1. The van der Waals surface area contributed by atoms with Gasteiger partial charge >= 0.3 is 11.9 Å². The van der Waals surface area contributed by atoms with Crippen molar-refractivity contribution in [3.63, 3.8) is 0 Å². The minimum Gasteiger partial charge on any atom is -0.469 e. The predicted octanol–water partition coefficient (Wildman–Crippen LogP) is 2.45. The van der Waals surface area contributed by atoms with Crippen LogP contribution in [0, 0.1) is 5.92 Å². The first kappa shape index (κ1) is 18.2. The largest absolute Gasteiger partial charge is 0.469 e. The summed E-state index contributed by atoms with van der Waals surface area (Å²) in [6.45, 7) is 0.307. The van der Waals surface area contributed by atoms with Gasteiger partial charge in [-0.05, 0) is 30.7 Å². The van der Waals surface area contributed by atoms with Crippen LogP contribution in [-0.2, 0) is 19.1 Å². The average Bonchev–Trinajstić information content (AvgIpc) is 3.14. The van der Waals surface area contributed by atoms with Gasteiger partial charge < -0.3 is 9.47 Å². The Bertz CT molecular complexity index is 550. The zero-order chi connectivity index (χ0) is 15.7. The second-order valence-electron chi connectivity index (χ2n) is 5.95. The fraction of sp³-hybridized carbons (Fsp3) is 0.625. The molecule has 0 radical (unpaired) electrons. The Morgan fingerprint density at radius 3 is 2.70 bits per heavy atom. The third kappa shape index (κ3) is 3.39. The predicted molar refractivity (Wildman–Crippen MR) is 90.0 cm³/mol. The van der Waals surface area contributed by atoms with Crippen LogP contribution in [0.2, 0.25) is 0 Å². The molecule has 128 valence electrons. The molecule has 0 N–H and O–H groups in total. The van der Waals surface area contributed by atoms with Gasteiger partial charge in [0, 0.05) is 22.9 Å². The van der Waals surface area contributed by atoms with Gasteiger partial charge in [-0.15, -0.1) is 23.7 Å². The zero-order valence-electron chi connectivity index (χ0n) is 13.3. The Labute approximate surface area is 146 Å². The van der Waals surface area contributed by atoms with Crippen LogP contribution >= 0.6 is 23.7 Å². The zero-order valence-corrected chi connectivity index (χ0v) is 14.9. The molecule has 0 aliphatic carbocycles. The minimum absolute atomic E-state index is 0. The van der Waals surface area contributed by atoms with E-state index in [1.807, 2.05) is 11.4 Å². The van der Waals surface area contributed by atoms with Gasteiger partial charge in [-0.3, -0.25) is 14.5 Å². The molecule has 4 atom stereocenters. The van der Waals surface area contributed by atoms with Crippen molar-refractivity contribution in [3.05, 3.63) is 22.4 Å². The van der Waals surface area contributed by atoms with Crippen molar-refractivity contribution in [2.45, 2.75) is 37.3 Å². The molecule has 1 aromatic heterocycles. The Kier molecular flexibility index (Phi) is 6.06. The van der Waals surface area contributed by atoms with Crippen molar-refractivity contribution < 1.29 is 19.1 Å². The van der Waals surface area contributed by atoms with Crippen LogP contribution in [0.15, 0.2) is 17.5 Å². The van der Waals surface area contributed by atoms with E-state index < -0.39 is 0 Å². The number of thiophene rings is 1. The van der Waals surface area contributed by atoms with Crippen LogP contribution in [0.25, 0.3) is 0 Å². The molecule has 23 heavy (non-hydrogen) atoms. The molecule has 1 aromatic rings. The number of carbonyl (C=O) groups excluding carboxylic acids is 2. The molecule has 2 aliphatic heterocycles. The summed E-state index contributed by atoms with van der Waals surface area (Å²) in [6.07, 6.45) is 2.79. The maximum atomic E-state index is 12.2. The van der Waals surface area contributed by atoms with Crippen LogP contribution in [0.1, 0.15) is 30.1 Å². The lowest BCUT2D eigenvalue weighted by Gasteiger charge is -2.42.